The molecule has 3 rings (SSSR count). The summed E-state index contributed by atoms with van der Waals surface area (Å²) in [6.45, 7) is 6.18. The second-order valence-electron chi connectivity index (χ2n) is 5.77. The summed E-state index contributed by atoms with van der Waals surface area (Å²) in [7, 11) is 0. The van der Waals surface area contributed by atoms with Gasteiger partial charge in [-0.2, -0.15) is 0 Å². The second-order valence-corrected chi connectivity index (χ2v) is 5.77. The Morgan fingerprint density at radius 2 is 2.17 bits per heavy atom. The molecule has 0 spiro atoms. The molecule has 0 radical (unpaired) electrons. The summed E-state index contributed by atoms with van der Waals surface area (Å²) in [5, 5.41) is 3.45. The van der Waals surface area contributed by atoms with Gasteiger partial charge < -0.3 is 15.2 Å². The SMILES string of the molecule is c1c[nH]c(C2CCCN(CC3CCNCC3)C2)n1. The average molecular weight is 248 g/mol. The van der Waals surface area contributed by atoms with Gasteiger partial charge >= 0.3 is 0 Å². The largest absolute Gasteiger partial charge is 0.348 e. The third kappa shape index (κ3) is 2.93. The Morgan fingerprint density at radius 1 is 1.28 bits per heavy atom. The van der Waals surface area contributed by atoms with Gasteiger partial charge in [-0.1, -0.05) is 0 Å². The van der Waals surface area contributed by atoms with Crippen molar-refractivity contribution in [3.05, 3.63) is 18.2 Å². The Labute approximate surface area is 109 Å². The van der Waals surface area contributed by atoms with Crippen molar-refractivity contribution >= 4 is 0 Å². The lowest BCUT2D eigenvalue weighted by molar-refractivity contribution is 0.161. The van der Waals surface area contributed by atoms with Crippen LogP contribution in [0.3, 0.4) is 0 Å². The van der Waals surface area contributed by atoms with E-state index < -0.39 is 0 Å². The van der Waals surface area contributed by atoms with Gasteiger partial charge in [0.15, 0.2) is 0 Å². The Bertz CT molecular complexity index is 343. The molecule has 1 aromatic rings. The maximum atomic E-state index is 4.43. The maximum absolute atomic E-state index is 4.43. The van der Waals surface area contributed by atoms with Gasteiger partial charge in [0, 0.05) is 31.4 Å². The molecule has 1 aromatic heterocycles. The standard InChI is InChI=1S/C14H24N4/c1-2-13(14-16-7-8-17-14)11-18(9-1)10-12-3-5-15-6-4-12/h7-8,12-13,15H,1-6,9-11H2,(H,16,17). The summed E-state index contributed by atoms with van der Waals surface area (Å²) < 4.78 is 0. The van der Waals surface area contributed by atoms with E-state index in [0.717, 1.165) is 5.92 Å². The smallest absolute Gasteiger partial charge is 0.110 e. The van der Waals surface area contributed by atoms with Crippen molar-refractivity contribution in [3.63, 3.8) is 0 Å². The van der Waals surface area contributed by atoms with Crippen LogP contribution in [0.1, 0.15) is 37.4 Å². The van der Waals surface area contributed by atoms with E-state index in [1.165, 1.54) is 64.2 Å². The molecule has 4 heteroatoms. The first-order chi connectivity index (χ1) is 8.92. The molecule has 4 nitrogen and oxygen atoms in total. The van der Waals surface area contributed by atoms with Crippen LogP contribution in [0.15, 0.2) is 12.4 Å². The molecule has 0 amide bonds. The zero-order valence-corrected chi connectivity index (χ0v) is 11.1. The average Bonchev–Trinajstić information content (AvgIpc) is 2.94. The number of aromatic amines is 1. The van der Waals surface area contributed by atoms with Crippen molar-refractivity contribution in [1.82, 2.24) is 20.2 Å². The van der Waals surface area contributed by atoms with Crippen LogP contribution in [-0.2, 0) is 0 Å². The predicted octanol–water partition coefficient (Wildman–Crippen LogP) is 1.59. The lowest BCUT2D eigenvalue weighted by atomic mass is 9.93. The van der Waals surface area contributed by atoms with Gasteiger partial charge in [-0.25, -0.2) is 4.98 Å². The van der Waals surface area contributed by atoms with Crippen molar-refractivity contribution in [3.8, 4) is 0 Å². The van der Waals surface area contributed by atoms with Crippen molar-refractivity contribution < 1.29 is 0 Å². The van der Waals surface area contributed by atoms with Crippen LogP contribution in [-0.4, -0.2) is 47.6 Å². The molecule has 3 heterocycles. The summed E-state index contributed by atoms with van der Waals surface area (Å²) in [5.74, 6) is 2.71. The molecule has 1 unspecified atom stereocenters. The lowest BCUT2D eigenvalue weighted by Gasteiger charge is -2.35. The molecular formula is C14H24N4. The van der Waals surface area contributed by atoms with E-state index in [-0.39, 0.29) is 0 Å². The van der Waals surface area contributed by atoms with E-state index in [1.807, 2.05) is 12.4 Å². The molecule has 100 valence electrons. The Kier molecular flexibility index (Phi) is 3.96. The number of likely N-dealkylation sites (tertiary alicyclic amines) is 1. The summed E-state index contributed by atoms with van der Waals surface area (Å²) in [4.78, 5) is 10.4. The van der Waals surface area contributed by atoms with Crippen LogP contribution in [0.25, 0.3) is 0 Å². The minimum Gasteiger partial charge on any atom is -0.348 e. The first-order valence-electron chi connectivity index (χ1n) is 7.34. The summed E-state index contributed by atoms with van der Waals surface area (Å²) in [5.41, 5.74) is 0. The van der Waals surface area contributed by atoms with Crippen LogP contribution >= 0.6 is 0 Å². The molecular weight excluding hydrogens is 224 g/mol. The van der Waals surface area contributed by atoms with Gasteiger partial charge in [-0.15, -0.1) is 0 Å². The number of imidazole rings is 1. The fourth-order valence-electron chi connectivity index (χ4n) is 3.37. The third-order valence-electron chi connectivity index (χ3n) is 4.39. The second kappa shape index (κ2) is 5.85. The molecule has 1 atom stereocenters. The van der Waals surface area contributed by atoms with E-state index in [9.17, 15) is 0 Å². The first-order valence-corrected chi connectivity index (χ1v) is 7.34. The van der Waals surface area contributed by atoms with Gasteiger partial charge in [0.25, 0.3) is 0 Å². The minimum atomic E-state index is 0.621. The van der Waals surface area contributed by atoms with Crippen LogP contribution < -0.4 is 5.32 Å². The highest BCUT2D eigenvalue weighted by Gasteiger charge is 2.25. The van der Waals surface area contributed by atoms with Crippen LogP contribution in [0, 0.1) is 5.92 Å². The van der Waals surface area contributed by atoms with Crippen molar-refractivity contribution in [1.29, 1.82) is 0 Å². The van der Waals surface area contributed by atoms with E-state index >= 15 is 0 Å². The Hall–Kier alpha value is -0.870. The van der Waals surface area contributed by atoms with Crippen LogP contribution in [0.4, 0.5) is 0 Å². The summed E-state index contributed by atoms with van der Waals surface area (Å²) in [6.07, 6.45) is 9.12. The number of hydrogen-bond acceptors (Lipinski definition) is 3. The quantitative estimate of drug-likeness (QED) is 0.854. The van der Waals surface area contributed by atoms with Crippen LogP contribution in [0.5, 0.6) is 0 Å². The molecule has 2 aliphatic rings. The zero-order valence-electron chi connectivity index (χ0n) is 11.1. The van der Waals surface area contributed by atoms with Gasteiger partial charge in [-0.3, -0.25) is 0 Å². The molecule has 0 aliphatic carbocycles. The topological polar surface area (TPSA) is 44.0 Å². The monoisotopic (exact) mass is 248 g/mol. The van der Waals surface area contributed by atoms with Gasteiger partial charge in [0.1, 0.15) is 5.82 Å². The van der Waals surface area contributed by atoms with Crippen molar-refractivity contribution in [2.24, 2.45) is 5.92 Å². The van der Waals surface area contributed by atoms with Crippen molar-refractivity contribution in [2.45, 2.75) is 31.6 Å². The molecule has 0 aromatic carbocycles. The summed E-state index contributed by atoms with van der Waals surface area (Å²) in [6, 6.07) is 0. The molecule has 2 aliphatic heterocycles. The number of aromatic nitrogens is 2. The lowest BCUT2D eigenvalue weighted by Crippen LogP contribution is -2.40. The molecule has 0 saturated carbocycles. The highest BCUT2D eigenvalue weighted by molar-refractivity contribution is 5.00. The molecule has 2 N–H and O–H groups in total. The summed E-state index contributed by atoms with van der Waals surface area (Å²) >= 11 is 0. The highest BCUT2D eigenvalue weighted by atomic mass is 15.1. The van der Waals surface area contributed by atoms with E-state index in [0.29, 0.717) is 5.92 Å². The van der Waals surface area contributed by atoms with E-state index in [4.69, 9.17) is 0 Å². The minimum absolute atomic E-state index is 0.621. The number of nitrogens with one attached hydrogen (secondary N) is 2. The van der Waals surface area contributed by atoms with E-state index in [1.54, 1.807) is 0 Å². The first kappa shape index (κ1) is 12.2. The number of nitrogens with zero attached hydrogens (tertiary/aromatic N) is 2. The maximum Gasteiger partial charge on any atom is 0.110 e. The zero-order chi connectivity index (χ0) is 12.2. The van der Waals surface area contributed by atoms with Gasteiger partial charge in [-0.05, 0) is 51.2 Å². The van der Waals surface area contributed by atoms with Crippen LogP contribution in [0.2, 0.25) is 0 Å². The Morgan fingerprint density at radius 3 is 2.94 bits per heavy atom. The number of H-pyrrole nitrogens is 1. The predicted molar refractivity (Wildman–Crippen MR) is 72.6 cm³/mol. The normalized spacial score (nSPS) is 27.4. The Balaban J connectivity index is 1.53. The third-order valence-corrected chi connectivity index (χ3v) is 4.39. The molecule has 2 fully saturated rings. The van der Waals surface area contributed by atoms with E-state index in [2.05, 4.69) is 20.2 Å². The molecule has 0 bridgehead atoms. The fourth-order valence-corrected chi connectivity index (χ4v) is 3.37. The number of piperidine rings is 2. The fraction of sp³-hybridized carbons (Fsp3) is 0.786. The number of hydrogen-bond donors (Lipinski definition) is 2. The molecule has 2 saturated heterocycles. The highest BCUT2D eigenvalue weighted by Crippen LogP contribution is 2.25. The number of rotatable bonds is 3. The molecule has 18 heavy (non-hydrogen) atoms. The van der Waals surface area contributed by atoms with Gasteiger partial charge in [0.2, 0.25) is 0 Å². The van der Waals surface area contributed by atoms with Crippen molar-refractivity contribution in [2.75, 3.05) is 32.7 Å². The van der Waals surface area contributed by atoms with Gasteiger partial charge in [0.05, 0.1) is 0 Å².